The van der Waals surface area contributed by atoms with Crippen LogP contribution in [-0.2, 0) is 4.79 Å². The van der Waals surface area contributed by atoms with Crippen molar-refractivity contribution in [2.45, 2.75) is 38.6 Å². The Kier molecular flexibility index (Phi) is 3.72. The van der Waals surface area contributed by atoms with Gasteiger partial charge in [-0.2, -0.15) is 0 Å². The minimum absolute atomic E-state index is 0.288. The normalized spacial score (nSPS) is 19.0. The van der Waals surface area contributed by atoms with Gasteiger partial charge in [0.25, 0.3) is 0 Å². The quantitative estimate of drug-likeness (QED) is 0.683. The van der Waals surface area contributed by atoms with Gasteiger partial charge in [0, 0.05) is 19.0 Å². The largest absolute Gasteiger partial charge is 0.481 e. The number of nitrogens with zero attached hydrogens (tertiary/aromatic N) is 1. The van der Waals surface area contributed by atoms with Crippen LogP contribution in [-0.4, -0.2) is 35.6 Å². The zero-order valence-corrected chi connectivity index (χ0v) is 8.49. The first-order valence-corrected chi connectivity index (χ1v) is 5.01. The minimum Gasteiger partial charge on any atom is -0.481 e. The molecule has 0 saturated heterocycles. The summed E-state index contributed by atoms with van der Waals surface area (Å²) in [7, 11) is 2.09. The van der Waals surface area contributed by atoms with Gasteiger partial charge in [-0.1, -0.05) is 0 Å². The Morgan fingerprint density at radius 1 is 1.62 bits per heavy atom. The summed E-state index contributed by atoms with van der Waals surface area (Å²) in [4.78, 5) is 12.6. The highest BCUT2D eigenvalue weighted by molar-refractivity contribution is 5.66. The predicted molar refractivity (Wildman–Crippen MR) is 51.7 cm³/mol. The van der Waals surface area contributed by atoms with E-state index < -0.39 is 5.97 Å². The lowest BCUT2D eigenvalue weighted by Crippen LogP contribution is -2.31. The van der Waals surface area contributed by atoms with Crippen molar-refractivity contribution in [1.29, 1.82) is 0 Å². The molecule has 1 fully saturated rings. The first kappa shape index (κ1) is 10.5. The fourth-order valence-corrected chi connectivity index (χ4v) is 1.44. The third kappa shape index (κ3) is 4.27. The summed E-state index contributed by atoms with van der Waals surface area (Å²) in [6.45, 7) is 3.24. The average Bonchev–Trinajstić information content (AvgIpc) is 2.83. The second kappa shape index (κ2) is 4.61. The molecule has 0 aliphatic heterocycles. The Balaban J connectivity index is 2.12. The molecule has 0 aromatic heterocycles. The number of hydrogen-bond acceptors (Lipinski definition) is 2. The summed E-state index contributed by atoms with van der Waals surface area (Å²) in [5, 5.41) is 8.52. The molecule has 0 aromatic rings. The second-order valence-electron chi connectivity index (χ2n) is 4.16. The molecule has 1 unspecified atom stereocenters. The van der Waals surface area contributed by atoms with E-state index in [1.807, 2.05) is 0 Å². The van der Waals surface area contributed by atoms with Crippen molar-refractivity contribution in [1.82, 2.24) is 4.90 Å². The van der Waals surface area contributed by atoms with E-state index in [9.17, 15) is 4.79 Å². The summed E-state index contributed by atoms with van der Waals surface area (Å²) in [6.07, 6.45) is 3.76. The van der Waals surface area contributed by atoms with Crippen LogP contribution in [0.3, 0.4) is 0 Å². The summed E-state index contributed by atoms with van der Waals surface area (Å²) in [5.41, 5.74) is 0. The van der Waals surface area contributed by atoms with E-state index in [1.54, 1.807) is 0 Å². The van der Waals surface area contributed by atoms with Gasteiger partial charge in [-0.3, -0.25) is 4.79 Å². The lowest BCUT2D eigenvalue weighted by molar-refractivity contribution is -0.137. The fraction of sp³-hybridized carbons (Fsp3) is 0.900. The van der Waals surface area contributed by atoms with Crippen LogP contribution >= 0.6 is 0 Å². The molecular weight excluding hydrogens is 166 g/mol. The Labute approximate surface area is 79.7 Å². The van der Waals surface area contributed by atoms with Crippen LogP contribution < -0.4 is 0 Å². The predicted octanol–water partition coefficient (Wildman–Crippen LogP) is 1.58. The number of carboxylic acids is 1. The Morgan fingerprint density at radius 2 is 2.23 bits per heavy atom. The molecule has 1 atom stereocenters. The van der Waals surface area contributed by atoms with Crippen LogP contribution in [0.1, 0.15) is 32.6 Å². The van der Waals surface area contributed by atoms with Crippen molar-refractivity contribution in [2.75, 3.05) is 13.6 Å². The zero-order valence-electron chi connectivity index (χ0n) is 8.49. The Hall–Kier alpha value is -0.570. The van der Waals surface area contributed by atoms with Gasteiger partial charge in [-0.25, -0.2) is 0 Å². The third-order valence-electron chi connectivity index (χ3n) is 2.77. The number of carbonyl (C=O) groups is 1. The summed E-state index contributed by atoms with van der Waals surface area (Å²) in [6, 6.07) is 0.400. The number of hydrogen-bond donors (Lipinski definition) is 1. The molecule has 0 bridgehead atoms. The van der Waals surface area contributed by atoms with E-state index in [1.165, 1.54) is 12.8 Å². The van der Waals surface area contributed by atoms with Gasteiger partial charge in [-0.05, 0) is 39.2 Å². The fourth-order valence-electron chi connectivity index (χ4n) is 1.44. The van der Waals surface area contributed by atoms with Crippen molar-refractivity contribution in [3.05, 3.63) is 0 Å². The van der Waals surface area contributed by atoms with Crippen molar-refractivity contribution in [2.24, 2.45) is 5.92 Å². The molecule has 3 nitrogen and oxygen atoms in total. The van der Waals surface area contributed by atoms with Gasteiger partial charge in [0.05, 0.1) is 0 Å². The van der Waals surface area contributed by atoms with Gasteiger partial charge in [-0.15, -0.1) is 0 Å². The number of rotatable bonds is 6. The average molecular weight is 185 g/mol. The maximum absolute atomic E-state index is 10.3. The van der Waals surface area contributed by atoms with Gasteiger partial charge in [0.1, 0.15) is 0 Å². The molecule has 76 valence electrons. The van der Waals surface area contributed by atoms with Crippen molar-refractivity contribution in [3.8, 4) is 0 Å². The van der Waals surface area contributed by atoms with E-state index in [-0.39, 0.29) is 6.42 Å². The maximum Gasteiger partial charge on any atom is 0.303 e. The maximum atomic E-state index is 10.3. The van der Waals surface area contributed by atoms with Crippen molar-refractivity contribution < 1.29 is 9.90 Å². The monoisotopic (exact) mass is 185 g/mol. The molecule has 1 saturated carbocycles. The van der Waals surface area contributed by atoms with Gasteiger partial charge in [0.15, 0.2) is 0 Å². The van der Waals surface area contributed by atoms with Crippen LogP contribution in [0, 0.1) is 5.92 Å². The van der Waals surface area contributed by atoms with E-state index in [0.717, 1.165) is 18.9 Å². The van der Waals surface area contributed by atoms with Crippen LogP contribution in [0.5, 0.6) is 0 Å². The zero-order chi connectivity index (χ0) is 9.84. The molecule has 1 aliphatic rings. The summed E-state index contributed by atoms with van der Waals surface area (Å²) in [5.74, 6) is 0.198. The van der Waals surface area contributed by atoms with Crippen molar-refractivity contribution >= 4 is 5.97 Å². The molecule has 0 radical (unpaired) electrons. The Morgan fingerprint density at radius 3 is 2.69 bits per heavy atom. The molecule has 1 rings (SSSR count). The third-order valence-corrected chi connectivity index (χ3v) is 2.77. The van der Waals surface area contributed by atoms with Crippen LogP contribution in [0.25, 0.3) is 0 Å². The van der Waals surface area contributed by atoms with Crippen LogP contribution in [0.4, 0.5) is 0 Å². The molecule has 0 amide bonds. The lowest BCUT2D eigenvalue weighted by atomic mass is 10.1. The van der Waals surface area contributed by atoms with Gasteiger partial charge in [0.2, 0.25) is 0 Å². The standard InChI is InChI=1S/C10H19NO2/c1-8(3-6-10(12)13)11(2)7-9-4-5-9/h8-9H,3-7H2,1-2H3,(H,12,13). The number of carboxylic acid groups (broad SMARTS) is 1. The molecule has 0 heterocycles. The molecular formula is C10H19NO2. The minimum atomic E-state index is -0.688. The van der Waals surface area contributed by atoms with E-state index >= 15 is 0 Å². The number of aliphatic carboxylic acids is 1. The molecule has 1 aliphatic carbocycles. The smallest absolute Gasteiger partial charge is 0.303 e. The first-order valence-electron chi connectivity index (χ1n) is 5.01. The van der Waals surface area contributed by atoms with Gasteiger partial charge < -0.3 is 10.0 Å². The van der Waals surface area contributed by atoms with E-state index in [4.69, 9.17) is 5.11 Å². The summed E-state index contributed by atoms with van der Waals surface area (Å²) < 4.78 is 0. The molecule has 0 aromatic carbocycles. The highest BCUT2D eigenvalue weighted by atomic mass is 16.4. The highest BCUT2D eigenvalue weighted by Gasteiger charge is 2.24. The molecule has 13 heavy (non-hydrogen) atoms. The van der Waals surface area contributed by atoms with Crippen molar-refractivity contribution in [3.63, 3.8) is 0 Å². The second-order valence-corrected chi connectivity index (χ2v) is 4.16. The molecule has 3 heteroatoms. The van der Waals surface area contributed by atoms with Crippen LogP contribution in [0.15, 0.2) is 0 Å². The molecule has 1 N–H and O–H groups in total. The highest BCUT2D eigenvalue weighted by Crippen LogP contribution is 2.30. The van der Waals surface area contributed by atoms with E-state index in [2.05, 4.69) is 18.9 Å². The van der Waals surface area contributed by atoms with E-state index in [0.29, 0.717) is 6.04 Å². The first-order chi connectivity index (χ1) is 6.09. The molecule has 0 spiro atoms. The lowest BCUT2D eigenvalue weighted by Gasteiger charge is -2.23. The summed E-state index contributed by atoms with van der Waals surface area (Å²) >= 11 is 0. The van der Waals surface area contributed by atoms with Crippen LogP contribution in [0.2, 0.25) is 0 Å². The topological polar surface area (TPSA) is 40.5 Å². The Bertz CT molecular complexity index is 178. The van der Waals surface area contributed by atoms with Gasteiger partial charge >= 0.3 is 5.97 Å². The SMILES string of the molecule is CC(CCC(=O)O)N(C)CC1CC1.